The number of nitrogens with one attached hydrogen (secondary N) is 1. The van der Waals surface area contributed by atoms with E-state index in [2.05, 4.69) is 10.5 Å². The fourth-order valence-corrected chi connectivity index (χ4v) is 2.48. The van der Waals surface area contributed by atoms with Crippen molar-refractivity contribution in [2.45, 2.75) is 0 Å². The quantitative estimate of drug-likeness (QED) is 0.561. The van der Waals surface area contributed by atoms with Crippen molar-refractivity contribution in [3.63, 3.8) is 0 Å². The molecule has 2 nitrogen and oxygen atoms in total. The molecule has 2 rings (SSSR count). The third-order valence-electron chi connectivity index (χ3n) is 2.29. The summed E-state index contributed by atoms with van der Waals surface area (Å²) in [7, 11) is 0. The molecule has 0 aliphatic carbocycles. The first-order valence-corrected chi connectivity index (χ1v) is 6.77. The molecule has 0 saturated carbocycles. The Hall–Kier alpha value is -0.930. The number of nitrogens with zero attached hydrogens (tertiary/aromatic N) is 1. The van der Waals surface area contributed by atoms with Crippen molar-refractivity contribution in [1.29, 1.82) is 0 Å². The fraction of sp³-hybridized carbons (Fsp3) is 0. The molecule has 0 aliphatic heterocycles. The maximum absolute atomic E-state index is 6.02. The summed E-state index contributed by atoms with van der Waals surface area (Å²) in [4.78, 5) is 0. The SMILES string of the molecule is Clc1cc(Cl)c(NN=Cc2ccccc2Cl)c(Cl)c1. The van der Waals surface area contributed by atoms with Gasteiger partial charge in [0.15, 0.2) is 0 Å². The molecular formula is C13H8Cl4N2. The summed E-state index contributed by atoms with van der Waals surface area (Å²) in [5.41, 5.74) is 4.06. The van der Waals surface area contributed by atoms with E-state index in [1.165, 1.54) is 0 Å². The van der Waals surface area contributed by atoms with Crippen molar-refractivity contribution in [2.75, 3.05) is 5.43 Å². The Labute approximate surface area is 130 Å². The lowest BCUT2D eigenvalue weighted by molar-refractivity contribution is 1.35. The summed E-state index contributed by atoms with van der Waals surface area (Å²) in [6, 6.07) is 10.5. The Morgan fingerprint density at radius 3 is 2.16 bits per heavy atom. The van der Waals surface area contributed by atoms with Gasteiger partial charge in [0.25, 0.3) is 0 Å². The minimum atomic E-state index is 0.397. The molecule has 0 saturated heterocycles. The minimum Gasteiger partial charge on any atom is -0.275 e. The molecule has 19 heavy (non-hydrogen) atoms. The molecule has 98 valence electrons. The Morgan fingerprint density at radius 2 is 1.53 bits per heavy atom. The normalized spacial score (nSPS) is 10.9. The first-order chi connectivity index (χ1) is 9.08. The summed E-state index contributed by atoms with van der Waals surface area (Å²) in [6.45, 7) is 0. The van der Waals surface area contributed by atoms with E-state index in [0.717, 1.165) is 5.56 Å². The van der Waals surface area contributed by atoms with Gasteiger partial charge in [-0.1, -0.05) is 64.6 Å². The van der Waals surface area contributed by atoms with Gasteiger partial charge in [0, 0.05) is 15.6 Å². The Balaban J connectivity index is 2.18. The molecule has 0 fully saturated rings. The van der Waals surface area contributed by atoms with Gasteiger partial charge < -0.3 is 0 Å². The highest BCUT2D eigenvalue weighted by molar-refractivity contribution is 6.41. The van der Waals surface area contributed by atoms with Crippen LogP contribution in [0.15, 0.2) is 41.5 Å². The monoisotopic (exact) mass is 332 g/mol. The molecule has 0 radical (unpaired) electrons. The molecule has 0 bridgehead atoms. The molecule has 0 amide bonds. The number of hydrogen-bond acceptors (Lipinski definition) is 2. The number of anilines is 1. The Morgan fingerprint density at radius 1 is 0.895 bits per heavy atom. The zero-order valence-corrected chi connectivity index (χ0v) is 12.5. The highest BCUT2D eigenvalue weighted by Crippen LogP contribution is 2.33. The molecular weight excluding hydrogens is 326 g/mol. The number of rotatable bonds is 3. The van der Waals surface area contributed by atoms with Crippen molar-refractivity contribution in [1.82, 2.24) is 0 Å². The predicted octanol–water partition coefficient (Wildman–Crippen LogP) is 5.75. The van der Waals surface area contributed by atoms with Crippen molar-refractivity contribution < 1.29 is 0 Å². The van der Waals surface area contributed by atoms with E-state index in [1.807, 2.05) is 18.2 Å². The van der Waals surface area contributed by atoms with E-state index in [1.54, 1.807) is 24.4 Å². The summed E-state index contributed by atoms with van der Waals surface area (Å²) in [5.74, 6) is 0. The molecule has 1 N–H and O–H groups in total. The Kier molecular flexibility index (Phi) is 4.94. The second kappa shape index (κ2) is 6.49. The standard InChI is InChI=1S/C13H8Cl4N2/c14-9-5-11(16)13(12(17)6-9)19-18-7-8-3-1-2-4-10(8)15/h1-7,19H. The first kappa shape index (κ1) is 14.5. The van der Waals surface area contributed by atoms with Crippen LogP contribution in [0.3, 0.4) is 0 Å². The lowest BCUT2D eigenvalue weighted by Gasteiger charge is -2.06. The number of hydrazone groups is 1. The van der Waals surface area contributed by atoms with Crippen LogP contribution >= 0.6 is 46.4 Å². The van der Waals surface area contributed by atoms with Gasteiger partial charge in [-0.05, 0) is 18.2 Å². The van der Waals surface area contributed by atoms with Crippen LogP contribution in [0.25, 0.3) is 0 Å². The van der Waals surface area contributed by atoms with E-state index in [-0.39, 0.29) is 0 Å². The molecule has 0 aromatic heterocycles. The third-order valence-corrected chi connectivity index (χ3v) is 3.45. The van der Waals surface area contributed by atoms with Crippen LogP contribution in [0.5, 0.6) is 0 Å². The molecule has 2 aromatic carbocycles. The number of hydrogen-bond donors (Lipinski definition) is 1. The molecule has 6 heteroatoms. The van der Waals surface area contributed by atoms with Crippen LogP contribution in [-0.4, -0.2) is 6.21 Å². The van der Waals surface area contributed by atoms with Crippen molar-refractivity contribution in [2.24, 2.45) is 5.10 Å². The summed E-state index contributed by atoms with van der Waals surface area (Å²) in [6.07, 6.45) is 1.59. The maximum atomic E-state index is 6.02. The molecule has 0 aliphatic rings. The predicted molar refractivity (Wildman–Crippen MR) is 84.1 cm³/mol. The van der Waals surface area contributed by atoms with Gasteiger partial charge >= 0.3 is 0 Å². The van der Waals surface area contributed by atoms with E-state index in [9.17, 15) is 0 Å². The number of halogens is 4. The zero-order chi connectivity index (χ0) is 13.8. The van der Waals surface area contributed by atoms with Crippen LogP contribution in [0.4, 0.5) is 5.69 Å². The lowest BCUT2D eigenvalue weighted by atomic mass is 10.2. The molecule has 0 spiro atoms. The highest BCUT2D eigenvalue weighted by atomic mass is 35.5. The smallest absolute Gasteiger partial charge is 0.0935 e. The van der Waals surface area contributed by atoms with Crippen molar-refractivity contribution in [3.8, 4) is 0 Å². The van der Waals surface area contributed by atoms with Gasteiger partial charge in [-0.25, -0.2) is 0 Å². The summed E-state index contributed by atoms with van der Waals surface area (Å²) < 4.78 is 0. The van der Waals surface area contributed by atoms with Gasteiger partial charge in [0.05, 0.1) is 21.9 Å². The van der Waals surface area contributed by atoms with E-state index >= 15 is 0 Å². The van der Waals surface area contributed by atoms with Crippen LogP contribution in [0, 0.1) is 0 Å². The molecule has 2 aromatic rings. The van der Waals surface area contributed by atoms with Crippen molar-refractivity contribution in [3.05, 3.63) is 62.1 Å². The Bertz CT molecular complexity index is 603. The van der Waals surface area contributed by atoms with Gasteiger partial charge in [0.2, 0.25) is 0 Å². The van der Waals surface area contributed by atoms with Gasteiger partial charge in [-0.15, -0.1) is 0 Å². The summed E-state index contributed by atoms with van der Waals surface area (Å²) >= 11 is 23.9. The second-order valence-corrected chi connectivity index (χ2v) is 5.29. The van der Waals surface area contributed by atoms with Gasteiger partial charge in [-0.2, -0.15) is 5.10 Å². The minimum absolute atomic E-state index is 0.397. The van der Waals surface area contributed by atoms with Crippen molar-refractivity contribution >= 4 is 58.3 Å². The molecule has 0 atom stereocenters. The van der Waals surface area contributed by atoms with Crippen LogP contribution in [0.1, 0.15) is 5.56 Å². The topological polar surface area (TPSA) is 24.4 Å². The molecule has 0 unspecified atom stereocenters. The average molecular weight is 334 g/mol. The van der Waals surface area contributed by atoms with E-state index in [0.29, 0.717) is 25.8 Å². The number of benzene rings is 2. The van der Waals surface area contributed by atoms with Gasteiger partial charge in [0.1, 0.15) is 0 Å². The molecule has 0 heterocycles. The van der Waals surface area contributed by atoms with E-state index in [4.69, 9.17) is 46.4 Å². The third kappa shape index (κ3) is 3.77. The van der Waals surface area contributed by atoms with Gasteiger partial charge in [-0.3, -0.25) is 5.43 Å². The zero-order valence-electron chi connectivity index (χ0n) is 9.50. The average Bonchev–Trinajstić information content (AvgIpc) is 2.34. The second-order valence-electron chi connectivity index (χ2n) is 3.64. The summed E-state index contributed by atoms with van der Waals surface area (Å²) in [5, 5.41) is 5.93. The first-order valence-electron chi connectivity index (χ1n) is 5.26. The fourth-order valence-electron chi connectivity index (χ4n) is 1.40. The largest absolute Gasteiger partial charge is 0.275 e. The lowest BCUT2D eigenvalue weighted by Crippen LogP contribution is -1.93. The van der Waals surface area contributed by atoms with Crippen LogP contribution in [-0.2, 0) is 0 Å². The van der Waals surface area contributed by atoms with Crippen LogP contribution < -0.4 is 5.43 Å². The highest BCUT2D eigenvalue weighted by Gasteiger charge is 2.06. The maximum Gasteiger partial charge on any atom is 0.0935 e. The van der Waals surface area contributed by atoms with Crippen LogP contribution in [0.2, 0.25) is 20.1 Å². The van der Waals surface area contributed by atoms with E-state index < -0.39 is 0 Å².